The van der Waals surface area contributed by atoms with Crippen molar-refractivity contribution in [3.63, 3.8) is 0 Å². The summed E-state index contributed by atoms with van der Waals surface area (Å²) in [6.07, 6.45) is 5.36. The number of aromatic amines is 1. The van der Waals surface area contributed by atoms with Crippen LogP contribution in [0, 0.1) is 23.7 Å². The molecule has 2 aromatic heterocycles. The van der Waals surface area contributed by atoms with Crippen LogP contribution in [0.3, 0.4) is 0 Å². The summed E-state index contributed by atoms with van der Waals surface area (Å²) in [7, 11) is 0. The fourth-order valence-electron chi connectivity index (χ4n) is 3.85. The largest absolute Gasteiger partial charge is 0.338 e. The number of nitriles is 1. The van der Waals surface area contributed by atoms with E-state index in [-0.39, 0.29) is 16.9 Å². The monoisotopic (exact) mass is 366 g/mol. The number of rotatable bonds is 2. The molecule has 1 amide bonds. The molecule has 0 unspecified atom stereocenters. The Balaban J connectivity index is 1.60. The minimum atomic E-state index is -0.357. The van der Waals surface area contributed by atoms with Gasteiger partial charge in [-0.3, -0.25) is 14.6 Å². The number of amides is 1. The van der Waals surface area contributed by atoms with Crippen LogP contribution in [0.1, 0.15) is 53.5 Å². The van der Waals surface area contributed by atoms with Crippen molar-refractivity contribution in [3.8, 4) is 12.0 Å². The molecule has 0 radical (unpaired) electrons. The molecule has 3 heterocycles. The lowest BCUT2D eigenvalue weighted by Crippen LogP contribution is -2.41. The van der Waals surface area contributed by atoms with Gasteiger partial charge in [-0.2, -0.15) is 10.4 Å². The van der Waals surface area contributed by atoms with Crippen LogP contribution >= 0.6 is 0 Å². The Kier molecular flexibility index (Phi) is 4.10. The lowest BCUT2D eigenvalue weighted by Gasteiger charge is -2.34. The fraction of sp³-hybridized carbons (Fsp3) is 0.526. The van der Waals surface area contributed by atoms with E-state index in [0.29, 0.717) is 43.1 Å². The number of aromatic nitrogens is 4. The van der Waals surface area contributed by atoms with E-state index in [0.717, 1.165) is 30.5 Å². The van der Waals surface area contributed by atoms with Crippen LogP contribution in [0.2, 0.25) is 0 Å². The molecular formula is C19H22N6O2. The second-order valence-corrected chi connectivity index (χ2v) is 7.69. The van der Waals surface area contributed by atoms with Crippen LogP contribution in [0.5, 0.6) is 0 Å². The first-order valence-electron chi connectivity index (χ1n) is 9.29. The molecule has 4 rings (SSSR count). The van der Waals surface area contributed by atoms with Gasteiger partial charge in [-0.1, -0.05) is 0 Å². The number of hydrogen-bond acceptors (Lipinski definition) is 5. The van der Waals surface area contributed by atoms with E-state index in [2.05, 4.69) is 21.1 Å². The van der Waals surface area contributed by atoms with E-state index in [1.165, 1.54) is 10.9 Å². The highest BCUT2D eigenvalue weighted by molar-refractivity contribution is 5.95. The van der Waals surface area contributed by atoms with Gasteiger partial charge in [-0.15, -0.1) is 0 Å². The van der Waals surface area contributed by atoms with Crippen LogP contribution < -0.4 is 5.56 Å². The average Bonchev–Trinajstić information content (AvgIpc) is 3.28. The van der Waals surface area contributed by atoms with Gasteiger partial charge in [-0.05, 0) is 46.0 Å². The number of hydrogen-bond donors (Lipinski definition) is 1. The molecule has 8 nitrogen and oxygen atoms in total. The number of fused-ring (bicyclic) bond motifs is 1. The first kappa shape index (κ1) is 17.5. The molecule has 2 aromatic rings. The average molecular weight is 366 g/mol. The van der Waals surface area contributed by atoms with Crippen molar-refractivity contribution in [2.75, 3.05) is 13.1 Å². The fourth-order valence-corrected chi connectivity index (χ4v) is 3.85. The third-order valence-corrected chi connectivity index (χ3v) is 5.79. The van der Waals surface area contributed by atoms with Gasteiger partial charge >= 0.3 is 0 Å². The number of nitrogens with one attached hydrogen (secondary N) is 1. The molecule has 0 aromatic carbocycles. The molecule has 2 aliphatic rings. The minimum Gasteiger partial charge on any atom is -0.338 e. The Morgan fingerprint density at radius 2 is 2.07 bits per heavy atom. The van der Waals surface area contributed by atoms with Crippen LogP contribution in [-0.2, 0) is 12.8 Å². The number of carbonyl (C=O) groups excluding carboxylic acids is 1. The standard InChI is InChI=1S/C19H22N6O2/c1-12-14(17(27)24-8-6-19(2,11-20)7-9-24)10-21-25(12)18-22-15-5-3-4-13(15)16(26)23-18/h10H,3-9H2,1-2H3,(H,22,23,26). The molecule has 0 spiro atoms. The number of H-pyrrole nitrogens is 1. The van der Waals surface area contributed by atoms with Crippen molar-refractivity contribution in [2.45, 2.75) is 46.0 Å². The zero-order valence-electron chi connectivity index (χ0n) is 15.6. The molecule has 1 N–H and O–H groups in total. The molecule has 1 saturated heterocycles. The summed E-state index contributed by atoms with van der Waals surface area (Å²) in [4.78, 5) is 34.3. The van der Waals surface area contributed by atoms with Crippen molar-refractivity contribution in [3.05, 3.63) is 39.1 Å². The molecule has 27 heavy (non-hydrogen) atoms. The Morgan fingerprint density at radius 1 is 1.33 bits per heavy atom. The van der Waals surface area contributed by atoms with Crippen LogP contribution in [-0.4, -0.2) is 43.6 Å². The molecule has 8 heteroatoms. The van der Waals surface area contributed by atoms with Crippen LogP contribution in [0.4, 0.5) is 0 Å². The summed E-state index contributed by atoms with van der Waals surface area (Å²) in [6, 6.07) is 2.35. The van der Waals surface area contributed by atoms with Crippen molar-refractivity contribution in [1.29, 1.82) is 5.26 Å². The molecule has 0 atom stereocenters. The number of aryl methyl sites for hydroxylation is 1. The maximum atomic E-state index is 12.9. The number of piperidine rings is 1. The van der Waals surface area contributed by atoms with Crippen LogP contribution in [0.25, 0.3) is 5.95 Å². The van der Waals surface area contributed by atoms with Gasteiger partial charge in [0, 0.05) is 18.7 Å². The van der Waals surface area contributed by atoms with E-state index in [1.54, 1.807) is 11.8 Å². The van der Waals surface area contributed by atoms with Gasteiger partial charge in [0.05, 0.1) is 34.6 Å². The number of nitrogens with zero attached hydrogens (tertiary/aromatic N) is 5. The highest BCUT2D eigenvalue weighted by Gasteiger charge is 2.33. The number of likely N-dealkylation sites (tertiary alicyclic amines) is 1. The predicted octanol–water partition coefficient (Wildman–Crippen LogP) is 1.52. The first-order valence-corrected chi connectivity index (χ1v) is 9.29. The highest BCUT2D eigenvalue weighted by Crippen LogP contribution is 2.30. The molecule has 1 aliphatic carbocycles. The summed E-state index contributed by atoms with van der Waals surface area (Å²) in [5, 5.41) is 13.5. The van der Waals surface area contributed by atoms with Gasteiger partial charge in [-0.25, -0.2) is 9.67 Å². The summed E-state index contributed by atoms with van der Waals surface area (Å²) >= 11 is 0. The summed E-state index contributed by atoms with van der Waals surface area (Å²) < 4.78 is 1.52. The summed E-state index contributed by atoms with van der Waals surface area (Å²) in [6.45, 7) is 4.85. The van der Waals surface area contributed by atoms with E-state index < -0.39 is 0 Å². The zero-order chi connectivity index (χ0) is 19.2. The van der Waals surface area contributed by atoms with Crippen molar-refractivity contribution >= 4 is 5.91 Å². The molecule has 1 aliphatic heterocycles. The second kappa shape index (κ2) is 6.34. The van der Waals surface area contributed by atoms with Crippen LogP contribution in [0.15, 0.2) is 11.0 Å². The van der Waals surface area contributed by atoms with E-state index >= 15 is 0 Å². The quantitative estimate of drug-likeness (QED) is 0.867. The first-order chi connectivity index (χ1) is 12.9. The maximum absolute atomic E-state index is 12.9. The normalized spacial score (nSPS) is 18.2. The molecular weight excluding hydrogens is 344 g/mol. The Labute approximate surface area is 156 Å². The third kappa shape index (κ3) is 2.93. The van der Waals surface area contributed by atoms with Gasteiger partial charge in [0.25, 0.3) is 11.5 Å². The Bertz CT molecular complexity index is 1000. The van der Waals surface area contributed by atoms with E-state index in [4.69, 9.17) is 0 Å². The maximum Gasteiger partial charge on any atom is 0.257 e. The Morgan fingerprint density at radius 3 is 2.78 bits per heavy atom. The van der Waals surface area contributed by atoms with Gasteiger partial charge in [0.1, 0.15) is 0 Å². The smallest absolute Gasteiger partial charge is 0.257 e. The van der Waals surface area contributed by atoms with Crippen molar-refractivity contribution < 1.29 is 4.79 Å². The lowest BCUT2D eigenvalue weighted by atomic mass is 9.82. The SMILES string of the molecule is Cc1c(C(=O)N2CCC(C)(C#N)CC2)cnn1-c1nc2c(c(=O)[nH]1)CCC2. The summed E-state index contributed by atoms with van der Waals surface area (Å²) in [5.74, 6) is 0.259. The minimum absolute atomic E-state index is 0.0951. The van der Waals surface area contributed by atoms with Gasteiger partial charge < -0.3 is 4.90 Å². The predicted molar refractivity (Wildman–Crippen MR) is 97.6 cm³/mol. The second-order valence-electron chi connectivity index (χ2n) is 7.69. The number of carbonyl (C=O) groups is 1. The van der Waals surface area contributed by atoms with Crippen molar-refractivity contribution in [1.82, 2.24) is 24.6 Å². The molecule has 140 valence electrons. The van der Waals surface area contributed by atoms with Crippen molar-refractivity contribution in [2.24, 2.45) is 5.41 Å². The molecule has 1 fully saturated rings. The molecule has 0 saturated carbocycles. The summed E-state index contributed by atoms with van der Waals surface area (Å²) in [5.41, 5.74) is 2.25. The zero-order valence-corrected chi connectivity index (χ0v) is 15.6. The van der Waals surface area contributed by atoms with E-state index in [1.807, 2.05) is 6.92 Å². The molecule has 0 bridgehead atoms. The third-order valence-electron chi connectivity index (χ3n) is 5.79. The Hall–Kier alpha value is -2.95. The van der Waals surface area contributed by atoms with Gasteiger partial charge in [0.15, 0.2) is 0 Å². The van der Waals surface area contributed by atoms with Gasteiger partial charge in [0.2, 0.25) is 5.95 Å². The lowest BCUT2D eigenvalue weighted by molar-refractivity contribution is 0.0661. The highest BCUT2D eigenvalue weighted by atomic mass is 16.2. The van der Waals surface area contributed by atoms with E-state index in [9.17, 15) is 14.9 Å². The topological polar surface area (TPSA) is 108 Å².